The van der Waals surface area contributed by atoms with E-state index >= 15 is 0 Å². The first kappa shape index (κ1) is 17.1. The van der Waals surface area contributed by atoms with E-state index in [1.807, 2.05) is 51.1 Å². The summed E-state index contributed by atoms with van der Waals surface area (Å²) in [5.41, 5.74) is 1.79. The van der Waals surface area contributed by atoms with E-state index in [0.717, 1.165) is 11.4 Å². The number of hydrogen-bond donors (Lipinski definition) is 1. The Hall–Kier alpha value is -2.73. The number of rotatable bonds is 4. The van der Waals surface area contributed by atoms with Gasteiger partial charge in [0.1, 0.15) is 11.6 Å². The Morgan fingerprint density at radius 2 is 1.96 bits per heavy atom. The molecule has 3 aromatic rings. The van der Waals surface area contributed by atoms with Crippen LogP contribution in [0.3, 0.4) is 0 Å². The summed E-state index contributed by atoms with van der Waals surface area (Å²) in [4.78, 5) is 21.1. The predicted molar refractivity (Wildman–Crippen MR) is 97.4 cm³/mol. The minimum atomic E-state index is -0.397. The third kappa shape index (κ3) is 3.69. The molecule has 0 unspecified atom stereocenters. The number of aromatic nitrogens is 4. The standard InChI is InChI=1S/C18H18ClN5O/c1-11(2)17-20-10-14(19)16(22-17)18(25)21-15-9-12(3)23-24(15)13-7-5-4-6-8-13/h4-11H,1-3H3,(H,21,25). The Kier molecular flexibility index (Phi) is 4.81. The number of amides is 1. The van der Waals surface area contributed by atoms with E-state index < -0.39 is 5.91 Å². The van der Waals surface area contributed by atoms with E-state index in [4.69, 9.17) is 11.6 Å². The first-order valence-electron chi connectivity index (χ1n) is 7.91. The summed E-state index contributed by atoms with van der Waals surface area (Å²) in [6.45, 7) is 5.78. The quantitative estimate of drug-likeness (QED) is 0.767. The highest BCUT2D eigenvalue weighted by molar-refractivity contribution is 6.33. The molecule has 1 amide bonds. The molecule has 1 aromatic carbocycles. The van der Waals surface area contributed by atoms with Gasteiger partial charge in [-0.2, -0.15) is 5.10 Å². The molecular weight excluding hydrogens is 338 g/mol. The zero-order valence-electron chi connectivity index (χ0n) is 14.2. The number of nitrogens with one attached hydrogen (secondary N) is 1. The first-order valence-corrected chi connectivity index (χ1v) is 8.29. The van der Waals surface area contributed by atoms with Gasteiger partial charge in [-0.25, -0.2) is 14.6 Å². The van der Waals surface area contributed by atoms with Crippen LogP contribution in [0.15, 0.2) is 42.6 Å². The summed E-state index contributed by atoms with van der Waals surface area (Å²) in [5, 5.41) is 7.48. The molecule has 0 fully saturated rings. The maximum Gasteiger partial charge on any atom is 0.277 e. The number of benzene rings is 1. The second-order valence-electron chi connectivity index (χ2n) is 5.95. The first-order chi connectivity index (χ1) is 12.0. The summed E-state index contributed by atoms with van der Waals surface area (Å²) in [6.07, 6.45) is 1.46. The molecule has 0 aliphatic carbocycles. The molecule has 0 aliphatic rings. The van der Waals surface area contributed by atoms with Crippen molar-refractivity contribution >= 4 is 23.3 Å². The van der Waals surface area contributed by atoms with Crippen molar-refractivity contribution < 1.29 is 4.79 Å². The van der Waals surface area contributed by atoms with Crippen LogP contribution in [0.1, 0.15) is 41.8 Å². The van der Waals surface area contributed by atoms with Gasteiger partial charge >= 0.3 is 0 Å². The summed E-state index contributed by atoms with van der Waals surface area (Å²) >= 11 is 6.12. The molecule has 0 aliphatic heterocycles. The van der Waals surface area contributed by atoms with Crippen LogP contribution in [-0.2, 0) is 0 Å². The van der Waals surface area contributed by atoms with E-state index in [0.29, 0.717) is 11.6 Å². The lowest BCUT2D eigenvalue weighted by Crippen LogP contribution is -2.18. The summed E-state index contributed by atoms with van der Waals surface area (Å²) in [6, 6.07) is 11.4. The van der Waals surface area contributed by atoms with E-state index in [1.165, 1.54) is 6.20 Å². The van der Waals surface area contributed by atoms with Gasteiger partial charge in [-0.05, 0) is 19.1 Å². The highest BCUT2D eigenvalue weighted by atomic mass is 35.5. The van der Waals surface area contributed by atoms with Gasteiger partial charge in [0.2, 0.25) is 0 Å². The van der Waals surface area contributed by atoms with Crippen molar-refractivity contribution in [3.63, 3.8) is 0 Å². The van der Waals surface area contributed by atoms with Crippen LogP contribution < -0.4 is 5.32 Å². The highest BCUT2D eigenvalue weighted by Crippen LogP contribution is 2.20. The molecule has 6 nitrogen and oxygen atoms in total. The zero-order chi connectivity index (χ0) is 18.0. The lowest BCUT2D eigenvalue weighted by atomic mass is 10.2. The minimum Gasteiger partial charge on any atom is -0.305 e. The van der Waals surface area contributed by atoms with Gasteiger partial charge in [0.15, 0.2) is 5.69 Å². The maximum atomic E-state index is 12.7. The molecule has 0 saturated carbocycles. The highest BCUT2D eigenvalue weighted by Gasteiger charge is 2.18. The Balaban J connectivity index is 1.94. The average molecular weight is 356 g/mol. The molecule has 3 rings (SSSR count). The number of aryl methyl sites for hydroxylation is 1. The minimum absolute atomic E-state index is 0.0981. The average Bonchev–Trinajstić information content (AvgIpc) is 2.96. The van der Waals surface area contributed by atoms with Crippen LogP contribution in [0.2, 0.25) is 5.02 Å². The molecular formula is C18H18ClN5O. The summed E-state index contributed by atoms with van der Waals surface area (Å²) in [5.74, 6) is 0.823. The van der Waals surface area contributed by atoms with Gasteiger partial charge in [0, 0.05) is 12.0 Å². The van der Waals surface area contributed by atoms with Crippen molar-refractivity contribution in [2.24, 2.45) is 0 Å². The van der Waals surface area contributed by atoms with Gasteiger partial charge in [0.25, 0.3) is 5.91 Å². The number of hydrogen-bond acceptors (Lipinski definition) is 4. The van der Waals surface area contributed by atoms with Crippen molar-refractivity contribution in [3.05, 3.63) is 64.8 Å². The number of nitrogens with zero attached hydrogens (tertiary/aromatic N) is 4. The molecule has 0 spiro atoms. The van der Waals surface area contributed by atoms with E-state index in [1.54, 1.807) is 10.7 Å². The Bertz CT molecular complexity index is 905. The van der Waals surface area contributed by atoms with Crippen molar-refractivity contribution in [1.82, 2.24) is 19.7 Å². The largest absolute Gasteiger partial charge is 0.305 e. The Labute approximate surface area is 150 Å². The molecule has 25 heavy (non-hydrogen) atoms. The molecule has 7 heteroatoms. The number of halogens is 1. The van der Waals surface area contributed by atoms with Gasteiger partial charge in [-0.3, -0.25) is 4.79 Å². The number of anilines is 1. The molecule has 0 atom stereocenters. The normalized spacial score (nSPS) is 10.9. The molecule has 1 N–H and O–H groups in total. The number of para-hydroxylation sites is 1. The van der Waals surface area contributed by atoms with Crippen LogP contribution in [0.25, 0.3) is 5.69 Å². The molecule has 0 radical (unpaired) electrons. The van der Waals surface area contributed by atoms with Crippen LogP contribution in [0, 0.1) is 6.92 Å². The monoisotopic (exact) mass is 355 g/mol. The second-order valence-corrected chi connectivity index (χ2v) is 6.36. The van der Waals surface area contributed by atoms with Crippen molar-refractivity contribution in [2.45, 2.75) is 26.7 Å². The van der Waals surface area contributed by atoms with Crippen LogP contribution in [0.4, 0.5) is 5.82 Å². The lowest BCUT2D eigenvalue weighted by Gasteiger charge is -2.10. The maximum absolute atomic E-state index is 12.7. The fourth-order valence-electron chi connectivity index (χ4n) is 2.35. The number of carbonyl (C=O) groups is 1. The van der Waals surface area contributed by atoms with Crippen LogP contribution in [-0.4, -0.2) is 25.7 Å². The smallest absolute Gasteiger partial charge is 0.277 e. The Morgan fingerprint density at radius 1 is 1.24 bits per heavy atom. The summed E-state index contributed by atoms with van der Waals surface area (Å²) < 4.78 is 1.67. The molecule has 0 bridgehead atoms. The summed E-state index contributed by atoms with van der Waals surface area (Å²) in [7, 11) is 0. The van der Waals surface area contributed by atoms with E-state index in [9.17, 15) is 4.79 Å². The Morgan fingerprint density at radius 3 is 2.64 bits per heavy atom. The number of carbonyl (C=O) groups excluding carboxylic acids is 1. The van der Waals surface area contributed by atoms with Crippen LogP contribution in [0.5, 0.6) is 0 Å². The zero-order valence-corrected chi connectivity index (χ0v) is 14.9. The van der Waals surface area contributed by atoms with Crippen molar-refractivity contribution in [1.29, 1.82) is 0 Å². The van der Waals surface area contributed by atoms with Crippen molar-refractivity contribution in [3.8, 4) is 5.69 Å². The third-order valence-corrected chi connectivity index (χ3v) is 3.84. The van der Waals surface area contributed by atoms with Crippen molar-refractivity contribution in [2.75, 3.05) is 5.32 Å². The van der Waals surface area contributed by atoms with E-state index in [2.05, 4.69) is 20.4 Å². The third-order valence-electron chi connectivity index (χ3n) is 3.57. The molecule has 0 saturated heterocycles. The topological polar surface area (TPSA) is 72.7 Å². The molecule has 2 aromatic heterocycles. The predicted octanol–water partition coefficient (Wildman–Crippen LogP) is 4.00. The fourth-order valence-corrected chi connectivity index (χ4v) is 2.53. The molecule has 128 valence electrons. The molecule has 2 heterocycles. The SMILES string of the molecule is Cc1cc(NC(=O)c2nc(C(C)C)ncc2Cl)n(-c2ccccc2)n1. The van der Waals surface area contributed by atoms with Crippen LogP contribution >= 0.6 is 11.6 Å². The van der Waals surface area contributed by atoms with Gasteiger partial charge in [0.05, 0.1) is 22.6 Å². The van der Waals surface area contributed by atoms with E-state index in [-0.39, 0.29) is 16.6 Å². The second kappa shape index (κ2) is 7.03. The van der Waals surface area contributed by atoms with Gasteiger partial charge < -0.3 is 5.32 Å². The lowest BCUT2D eigenvalue weighted by molar-refractivity contribution is 0.102. The van der Waals surface area contributed by atoms with Gasteiger partial charge in [-0.1, -0.05) is 43.6 Å². The fraction of sp³-hybridized carbons (Fsp3) is 0.222. The van der Waals surface area contributed by atoms with Gasteiger partial charge in [-0.15, -0.1) is 0 Å².